The lowest BCUT2D eigenvalue weighted by molar-refractivity contribution is 0.103. The minimum absolute atomic E-state index is 0.234. The molecule has 0 fully saturated rings. The highest BCUT2D eigenvalue weighted by Crippen LogP contribution is 2.25. The van der Waals surface area contributed by atoms with E-state index in [-0.39, 0.29) is 11.7 Å². The molecule has 2 heterocycles. The number of carbonyl (C=O) groups is 1. The standard InChI is InChI=1S/C10H14N6OS/c1-3-12-10-15-8(11)7(18-10)9(17)14-6-4-13-16(2)5-6/h4-5H,3,11H2,1-2H3,(H,12,15)(H,14,17). The van der Waals surface area contributed by atoms with Gasteiger partial charge in [-0.25, -0.2) is 4.98 Å². The number of aromatic nitrogens is 3. The van der Waals surface area contributed by atoms with Crippen LogP contribution in [0.3, 0.4) is 0 Å². The maximum atomic E-state index is 12.0. The van der Waals surface area contributed by atoms with Crippen LogP contribution in [0.1, 0.15) is 16.6 Å². The summed E-state index contributed by atoms with van der Waals surface area (Å²) in [5.41, 5.74) is 6.33. The first-order valence-electron chi connectivity index (χ1n) is 5.40. The number of nitrogen functional groups attached to an aromatic ring is 1. The summed E-state index contributed by atoms with van der Waals surface area (Å²) in [4.78, 5) is 16.4. The molecule has 0 aliphatic carbocycles. The molecule has 0 unspecified atom stereocenters. The Kier molecular flexibility index (Phi) is 3.47. The Labute approximate surface area is 108 Å². The van der Waals surface area contributed by atoms with Crippen molar-refractivity contribution in [1.82, 2.24) is 14.8 Å². The Hall–Kier alpha value is -2.09. The summed E-state index contributed by atoms with van der Waals surface area (Å²) in [6.07, 6.45) is 3.28. The van der Waals surface area contributed by atoms with Gasteiger partial charge in [0.1, 0.15) is 10.7 Å². The largest absolute Gasteiger partial charge is 0.382 e. The van der Waals surface area contributed by atoms with Crippen molar-refractivity contribution in [3.63, 3.8) is 0 Å². The SMILES string of the molecule is CCNc1nc(N)c(C(=O)Nc2cnn(C)c2)s1. The first-order chi connectivity index (χ1) is 8.60. The zero-order valence-corrected chi connectivity index (χ0v) is 10.9. The monoisotopic (exact) mass is 266 g/mol. The van der Waals surface area contributed by atoms with Crippen molar-refractivity contribution in [1.29, 1.82) is 0 Å². The van der Waals surface area contributed by atoms with Gasteiger partial charge in [-0.15, -0.1) is 0 Å². The van der Waals surface area contributed by atoms with Crippen molar-refractivity contribution >= 4 is 33.9 Å². The molecule has 2 aromatic rings. The second-order valence-corrected chi connectivity index (χ2v) is 4.62. The van der Waals surface area contributed by atoms with Crippen LogP contribution < -0.4 is 16.4 Å². The van der Waals surface area contributed by atoms with Gasteiger partial charge in [-0.1, -0.05) is 11.3 Å². The Balaban J connectivity index is 2.13. The van der Waals surface area contributed by atoms with E-state index in [0.29, 0.717) is 15.7 Å². The predicted molar refractivity (Wildman–Crippen MR) is 71.9 cm³/mol. The molecule has 8 heteroatoms. The zero-order valence-electron chi connectivity index (χ0n) is 10.1. The molecule has 0 atom stereocenters. The number of nitrogens with two attached hydrogens (primary N) is 1. The van der Waals surface area contributed by atoms with Gasteiger partial charge in [-0.05, 0) is 6.92 Å². The van der Waals surface area contributed by atoms with Crippen LogP contribution in [0.15, 0.2) is 12.4 Å². The second kappa shape index (κ2) is 5.05. The van der Waals surface area contributed by atoms with Gasteiger partial charge in [0.05, 0.1) is 11.9 Å². The molecule has 2 rings (SSSR count). The first-order valence-corrected chi connectivity index (χ1v) is 6.22. The fourth-order valence-corrected chi connectivity index (χ4v) is 2.24. The number of amides is 1. The topological polar surface area (TPSA) is 97.9 Å². The summed E-state index contributed by atoms with van der Waals surface area (Å²) in [6, 6.07) is 0. The van der Waals surface area contributed by atoms with E-state index in [1.54, 1.807) is 24.1 Å². The van der Waals surface area contributed by atoms with E-state index in [9.17, 15) is 4.79 Å². The van der Waals surface area contributed by atoms with Crippen LogP contribution in [-0.2, 0) is 7.05 Å². The average molecular weight is 266 g/mol. The number of nitrogens with zero attached hydrogens (tertiary/aromatic N) is 3. The molecule has 0 saturated heterocycles. The molecule has 0 radical (unpaired) electrons. The van der Waals surface area contributed by atoms with Crippen LogP contribution in [0, 0.1) is 0 Å². The van der Waals surface area contributed by atoms with Crippen LogP contribution >= 0.6 is 11.3 Å². The summed E-state index contributed by atoms with van der Waals surface area (Å²) in [5.74, 6) is -0.0421. The molecule has 0 spiro atoms. The molecule has 0 aliphatic heterocycles. The number of thiazole rings is 1. The third-order valence-electron chi connectivity index (χ3n) is 2.15. The Morgan fingerprint density at radius 2 is 2.39 bits per heavy atom. The lowest BCUT2D eigenvalue weighted by atomic mass is 10.4. The Bertz CT molecular complexity index is 560. The van der Waals surface area contributed by atoms with Gasteiger partial charge in [0.2, 0.25) is 0 Å². The van der Waals surface area contributed by atoms with Gasteiger partial charge in [0.15, 0.2) is 5.13 Å². The van der Waals surface area contributed by atoms with Gasteiger partial charge in [0.25, 0.3) is 5.91 Å². The fourth-order valence-electron chi connectivity index (χ4n) is 1.40. The summed E-state index contributed by atoms with van der Waals surface area (Å²) in [6.45, 7) is 2.68. The highest BCUT2D eigenvalue weighted by atomic mass is 32.1. The smallest absolute Gasteiger partial charge is 0.269 e. The number of hydrogen-bond donors (Lipinski definition) is 3. The van der Waals surface area contributed by atoms with Crippen molar-refractivity contribution < 1.29 is 4.79 Å². The molecular formula is C10H14N6OS. The minimum atomic E-state index is -0.276. The Morgan fingerprint density at radius 3 is 3.00 bits per heavy atom. The highest BCUT2D eigenvalue weighted by molar-refractivity contribution is 7.18. The minimum Gasteiger partial charge on any atom is -0.382 e. The van der Waals surface area contributed by atoms with Gasteiger partial charge in [-0.2, -0.15) is 5.10 Å². The van der Waals surface area contributed by atoms with E-state index >= 15 is 0 Å². The van der Waals surface area contributed by atoms with Crippen molar-refractivity contribution in [2.75, 3.05) is 22.9 Å². The summed E-state index contributed by atoms with van der Waals surface area (Å²) >= 11 is 1.23. The van der Waals surface area contributed by atoms with Gasteiger partial charge < -0.3 is 16.4 Å². The summed E-state index contributed by atoms with van der Waals surface area (Å²) in [7, 11) is 1.78. The van der Waals surface area contributed by atoms with E-state index in [2.05, 4.69) is 20.7 Å². The third kappa shape index (κ3) is 2.59. The molecule has 7 nitrogen and oxygen atoms in total. The lowest BCUT2D eigenvalue weighted by Gasteiger charge is -1.99. The molecular weight excluding hydrogens is 252 g/mol. The maximum absolute atomic E-state index is 12.0. The van der Waals surface area contributed by atoms with E-state index in [0.717, 1.165) is 6.54 Å². The second-order valence-electron chi connectivity index (χ2n) is 3.62. The number of anilines is 3. The number of carbonyl (C=O) groups excluding carboxylic acids is 1. The highest BCUT2D eigenvalue weighted by Gasteiger charge is 2.16. The molecule has 0 bridgehead atoms. The van der Waals surface area contributed by atoms with E-state index in [4.69, 9.17) is 5.73 Å². The van der Waals surface area contributed by atoms with Crippen LogP contribution in [0.5, 0.6) is 0 Å². The van der Waals surface area contributed by atoms with E-state index < -0.39 is 0 Å². The molecule has 4 N–H and O–H groups in total. The fraction of sp³-hybridized carbons (Fsp3) is 0.300. The van der Waals surface area contributed by atoms with E-state index in [1.807, 2.05) is 6.92 Å². The molecule has 0 saturated carbocycles. The third-order valence-corrected chi connectivity index (χ3v) is 3.18. The quantitative estimate of drug-likeness (QED) is 0.771. The normalized spacial score (nSPS) is 10.3. The number of nitrogens with one attached hydrogen (secondary N) is 2. The molecule has 18 heavy (non-hydrogen) atoms. The molecule has 2 aromatic heterocycles. The summed E-state index contributed by atoms with van der Waals surface area (Å²) in [5, 5.41) is 10.3. The van der Waals surface area contributed by atoms with Crippen molar-refractivity contribution in [3.05, 3.63) is 17.3 Å². The number of aryl methyl sites for hydroxylation is 1. The predicted octanol–water partition coefficient (Wildman–Crippen LogP) is 1.14. The van der Waals surface area contributed by atoms with Crippen LogP contribution in [0.2, 0.25) is 0 Å². The van der Waals surface area contributed by atoms with Crippen LogP contribution in [0.4, 0.5) is 16.6 Å². The van der Waals surface area contributed by atoms with Gasteiger partial charge in [-0.3, -0.25) is 9.48 Å². The van der Waals surface area contributed by atoms with Crippen LogP contribution in [-0.4, -0.2) is 27.2 Å². The molecule has 96 valence electrons. The first kappa shape index (κ1) is 12.4. The van der Waals surface area contributed by atoms with Crippen molar-refractivity contribution in [3.8, 4) is 0 Å². The molecule has 0 aliphatic rings. The van der Waals surface area contributed by atoms with Gasteiger partial charge in [0, 0.05) is 19.8 Å². The van der Waals surface area contributed by atoms with Crippen molar-refractivity contribution in [2.24, 2.45) is 7.05 Å². The maximum Gasteiger partial charge on any atom is 0.269 e. The molecule has 0 aromatic carbocycles. The molecule has 1 amide bonds. The lowest BCUT2D eigenvalue weighted by Crippen LogP contribution is -2.11. The average Bonchev–Trinajstić information content (AvgIpc) is 2.86. The van der Waals surface area contributed by atoms with Crippen LogP contribution in [0.25, 0.3) is 0 Å². The van der Waals surface area contributed by atoms with E-state index in [1.165, 1.54) is 11.3 Å². The number of rotatable bonds is 4. The van der Waals surface area contributed by atoms with Crippen molar-refractivity contribution in [2.45, 2.75) is 6.92 Å². The summed E-state index contributed by atoms with van der Waals surface area (Å²) < 4.78 is 1.61. The zero-order chi connectivity index (χ0) is 13.1. The van der Waals surface area contributed by atoms with Gasteiger partial charge >= 0.3 is 0 Å². The number of hydrogen-bond acceptors (Lipinski definition) is 6. The Morgan fingerprint density at radius 1 is 1.61 bits per heavy atom.